The highest BCUT2D eigenvalue weighted by Gasteiger charge is 2.17. The lowest BCUT2D eigenvalue weighted by Gasteiger charge is -2.14. The monoisotopic (exact) mass is 454 g/mol. The minimum atomic E-state index is -0.261. The van der Waals surface area contributed by atoms with Gasteiger partial charge in [0.2, 0.25) is 12.7 Å². The molecule has 0 radical (unpaired) electrons. The summed E-state index contributed by atoms with van der Waals surface area (Å²) in [6.45, 7) is 2.56. The minimum absolute atomic E-state index is 0.121. The number of ether oxygens (including phenoxy) is 2. The fourth-order valence-corrected chi connectivity index (χ4v) is 4.18. The Hall–Kier alpha value is -4.06. The first-order valence-electron chi connectivity index (χ1n) is 11.5. The van der Waals surface area contributed by atoms with Crippen LogP contribution in [0.25, 0.3) is 10.8 Å². The molecule has 3 aromatic carbocycles. The van der Waals surface area contributed by atoms with Gasteiger partial charge in [0.25, 0.3) is 5.56 Å². The van der Waals surface area contributed by atoms with Crippen molar-refractivity contribution in [3.05, 3.63) is 93.8 Å². The molecule has 0 fully saturated rings. The average molecular weight is 455 g/mol. The van der Waals surface area contributed by atoms with Gasteiger partial charge in [-0.15, -0.1) is 0 Å². The van der Waals surface area contributed by atoms with Gasteiger partial charge < -0.3 is 14.6 Å². The van der Waals surface area contributed by atoms with Crippen LogP contribution in [0.1, 0.15) is 36.5 Å². The summed E-state index contributed by atoms with van der Waals surface area (Å²) in [6, 6.07) is 20.9. The molecule has 0 atom stereocenters. The SMILES string of the molecule is CCCCc1ccc(N=Cc2c(O)n(Cc3ccc4c(c3)OCO4)c(=O)c3ccccc23)cc1. The molecule has 0 spiro atoms. The van der Waals surface area contributed by atoms with Crippen LogP contribution in [0.2, 0.25) is 0 Å². The number of aromatic nitrogens is 1. The molecule has 0 saturated carbocycles. The quantitative estimate of drug-likeness (QED) is 0.370. The van der Waals surface area contributed by atoms with E-state index < -0.39 is 0 Å². The van der Waals surface area contributed by atoms with Crippen LogP contribution in [0, 0.1) is 0 Å². The average Bonchev–Trinajstić information content (AvgIpc) is 3.34. The van der Waals surface area contributed by atoms with Crippen molar-refractivity contribution >= 4 is 22.7 Å². The summed E-state index contributed by atoms with van der Waals surface area (Å²) in [4.78, 5) is 17.8. The van der Waals surface area contributed by atoms with Gasteiger partial charge in [0, 0.05) is 17.0 Å². The molecular weight excluding hydrogens is 428 g/mol. The Balaban J connectivity index is 1.52. The molecule has 5 rings (SSSR count). The second-order valence-corrected chi connectivity index (χ2v) is 8.39. The number of aromatic hydroxyl groups is 1. The number of nitrogens with zero attached hydrogens (tertiary/aromatic N) is 2. The lowest BCUT2D eigenvalue weighted by atomic mass is 10.1. The number of hydrogen-bond donors (Lipinski definition) is 1. The lowest BCUT2D eigenvalue weighted by molar-refractivity contribution is 0.174. The van der Waals surface area contributed by atoms with E-state index in [9.17, 15) is 9.90 Å². The van der Waals surface area contributed by atoms with Crippen molar-refractivity contribution in [3.8, 4) is 17.4 Å². The Morgan fingerprint density at radius 3 is 2.50 bits per heavy atom. The van der Waals surface area contributed by atoms with Crippen molar-refractivity contribution in [1.82, 2.24) is 4.57 Å². The maximum Gasteiger partial charge on any atom is 0.261 e. The summed E-state index contributed by atoms with van der Waals surface area (Å²) in [6.07, 6.45) is 5.01. The molecule has 0 aliphatic carbocycles. The van der Waals surface area contributed by atoms with Crippen molar-refractivity contribution in [2.75, 3.05) is 6.79 Å². The van der Waals surface area contributed by atoms with Gasteiger partial charge >= 0.3 is 0 Å². The van der Waals surface area contributed by atoms with Gasteiger partial charge in [0.1, 0.15) is 0 Å². The number of unbranched alkanes of at least 4 members (excludes halogenated alkanes) is 1. The highest BCUT2D eigenvalue weighted by atomic mass is 16.7. The molecule has 0 amide bonds. The van der Waals surface area contributed by atoms with Crippen molar-refractivity contribution < 1.29 is 14.6 Å². The van der Waals surface area contributed by atoms with Crippen LogP contribution in [0.5, 0.6) is 17.4 Å². The molecule has 0 saturated heterocycles. The molecule has 1 N–H and O–H groups in total. The molecule has 34 heavy (non-hydrogen) atoms. The van der Waals surface area contributed by atoms with Gasteiger partial charge in [-0.25, -0.2) is 0 Å². The maximum absolute atomic E-state index is 13.2. The molecule has 2 heterocycles. The van der Waals surface area contributed by atoms with E-state index >= 15 is 0 Å². The van der Waals surface area contributed by atoms with Gasteiger partial charge in [-0.2, -0.15) is 0 Å². The Morgan fingerprint density at radius 1 is 0.971 bits per heavy atom. The number of hydrogen-bond acceptors (Lipinski definition) is 5. The van der Waals surface area contributed by atoms with E-state index in [0.717, 1.165) is 30.5 Å². The van der Waals surface area contributed by atoms with Crippen LogP contribution in [-0.2, 0) is 13.0 Å². The van der Waals surface area contributed by atoms with Gasteiger partial charge in [-0.3, -0.25) is 14.4 Å². The largest absolute Gasteiger partial charge is 0.494 e. The van der Waals surface area contributed by atoms with Gasteiger partial charge in [0.15, 0.2) is 11.5 Å². The van der Waals surface area contributed by atoms with E-state index in [2.05, 4.69) is 24.0 Å². The summed E-state index contributed by atoms with van der Waals surface area (Å²) >= 11 is 0. The number of fused-ring (bicyclic) bond motifs is 2. The lowest BCUT2D eigenvalue weighted by Crippen LogP contribution is -2.22. The molecule has 6 nitrogen and oxygen atoms in total. The summed E-state index contributed by atoms with van der Waals surface area (Å²) in [7, 11) is 0. The normalized spacial score (nSPS) is 12.6. The van der Waals surface area contributed by atoms with E-state index in [1.54, 1.807) is 12.3 Å². The second-order valence-electron chi connectivity index (χ2n) is 8.39. The van der Waals surface area contributed by atoms with Gasteiger partial charge in [0.05, 0.1) is 17.8 Å². The van der Waals surface area contributed by atoms with E-state index in [1.807, 2.05) is 48.5 Å². The molecule has 0 bridgehead atoms. The highest BCUT2D eigenvalue weighted by molar-refractivity contribution is 6.02. The molecule has 1 aliphatic heterocycles. The first-order chi connectivity index (χ1) is 16.6. The Labute approximate surface area is 197 Å². The standard InChI is InChI=1S/C28H26N2O4/c1-2-3-6-19-9-12-21(13-10-19)29-16-24-22-7-4-5-8-23(22)27(31)30(28(24)32)17-20-11-14-25-26(15-20)34-18-33-25/h4-5,7-16,32H,2-3,6,17-18H2,1H3. The smallest absolute Gasteiger partial charge is 0.261 e. The summed E-state index contributed by atoms with van der Waals surface area (Å²) in [5.74, 6) is 1.19. The molecular formula is C28H26N2O4. The maximum atomic E-state index is 13.2. The molecule has 4 aromatic rings. The fraction of sp³-hybridized carbons (Fsp3) is 0.214. The summed E-state index contributed by atoms with van der Waals surface area (Å²) < 4.78 is 12.2. The predicted molar refractivity (Wildman–Crippen MR) is 134 cm³/mol. The van der Waals surface area contributed by atoms with Crippen LogP contribution >= 0.6 is 0 Å². The number of pyridine rings is 1. The number of benzene rings is 3. The van der Waals surface area contributed by atoms with Crippen molar-refractivity contribution in [2.24, 2.45) is 4.99 Å². The van der Waals surface area contributed by atoms with E-state index in [-0.39, 0.29) is 24.8 Å². The Bertz CT molecular complexity index is 1420. The number of aryl methyl sites for hydroxylation is 1. The van der Waals surface area contributed by atoms with E-state index in [0.29, 0.717) is 27.8 Å². The molecule has 6 heteroatoms. The first kappa shape index (κ1) is 21.8. The zero-order valence-electron chi connectivity index (χ0n) is 19.0. The van der Waals surface area contributed by atoms with E-state index in [4.69, 9.17) is 9.47 Å². The van der Waals surface area contributed by atoms with Crippen LogP contribution in [0.3, 0.4) is 0 Å². The minimum Gasteiger partial charge on any atom is -0.494 e. The van der Waals surface area contributed by atoms with Crippen molar-refractivity contribution in [2.45, 2.75) is 32.7 Å². The zero-order chi connectivity index (χ0) is 23.5. The van der Waals surface area contributed by atoms with Crippen LogP contribution in [0.4, 0.5) is 5.69 Å². The first-order valence-corrected chi connectivity index (χ1v) is 11.5. The number of aliphatic imine (C=N–C) groups is 1. The van der Waals surface area contributed by atoms with Gasteiger partial charge in [-0.1, -0.05) is 49.7 Å². The molecule has 1 aromatic heterocycles. The molecule has 172 valence electrons. The second kappa shape index (κ2) is 9.43. The fourth-order valence-electron chi connectivity index (χ4n) is 4.18. The number of rotatable bonds is 7. The summed E-state index contributed by atoms with van der Waals surface area (Å²) in [5, 5.41) is 12.3. The zero-order valence-corrected chi connectivity index (χ0v) is 19.0. The van der Waals surface area contributed by atoms with Gasteiger partial charge in [-0.05, 0) is 54.3 Å². The molecule has 0 unspecified atom stereocenters. The Kier molecular flexibility index (Phi) is 6.04. The van der Waals surface area contributed by atoms with Crippen LogP contribution in [-0.4, -0.2) is 22.7 Å². The van der Waals surface area contributed by atoms with Crippen LogP contribution < -0.4 is 15.0 Å². The third kappa shape index (κ3) is 4.27. The molecule has 1 aliphatic rings. The van der Waals surface area contributed by atoms with Crippen molar-refractivity contribution in [3.63, 3.8) is 0 Å². The highest BCUT2D eigenvalue weighted by Crippen LogP contribution is 2.33. The third-order valence-electron chi connectivity index (χ3n) is 6.07. The Morgan fingerprint density at radius 2 is 1.71 bits per heavy atom. The topological polar surface area (TPSA) is 73.1 Å². The van der Waals surface area contributed by atoms with E-state index in [1.165, 1.54) is 10.1 Å². The van der Waals surface area contributed by atoms with Crippen molar-refractivity contribution in [1.29, 1.82) is 0 Å². The predicted octanol–water partition coefficient (Wildman–Crippen LogP) is 5.58. The summed E-state index contributed by atoms with van der Waals surface area (Å²) in [5.41, 5.74) is 3.14. The third-order valence-corrected chi connectivity index (χ3v) is 6.07. The van der Waals surface area contributed by atoms with Crippen LogP contribution in [0.15, 0.2) is 76.5 Å².